The normalized spacial score (nSPS) is 16.2. The van der Waals surface area contributed by atoms with Gasteiger partial charge in [0.05, 0.1) is 0 Å². The zero-order valence-corrected chi connectivity index (χ0v) is 11.2. The molecule has 0 saturated carbocycles. The second-order valence-corrected chi connectivity index (χ2v) is 6.17. The second-order valence-electron chi connectivity index (χ2n) is 3.52. The molecule has 100 valence electrons. The molecule has 0 aromatic carbocycles. The van der Waals surface area contributed by atoms with Gasteiger partial charge in [0, 0.05) is 11.0 Å². The van der Waals surface area contributed by atoms with Crippen LogP contribution in [0.15, 0.2) is 0 Å². The molecule has 0 radical (unpaired) electrons. The van der Waals surface area contributed by atoms with Crippen LogP contribution in [-0.2, 0) is 9.59 Å². The summed E-state index contributed by atoms with van der Waals surface area (Å²) in [6, 6.07) is -1.87. The van der Waals surface area contributed by atoms with Crippen LogP contribution in [0.5, 0.6) is 0 Å². The molecule has 0 bridgehead atoms. The van der Waals surface area contributed by atoms with Gasteiger partial charge < -0.3 is 21.7 Å². The lowest BCUT2D eigenvalue weighted by Gasteiger charge is -2.19. The van der Waals surface area contributed by atoms with Crippen LogP contribution >= 0.6 is 21.6 Å². The third-order valence-corrected chi connectivity index (χ3v) is 4.98. The lowest BCUT2D eigenvalue weighted by Crippen LogP contribution is -2.40. The fourth-order valence-electron chi connectivity index (χ4n) is 1.00. The molecule has 0 aliphatic carbocycles. The number of rotatable bonds is 9. The van der Waals surface area contributed by atoms with Crippen molar-refractivity contribution < 1.29 is 19.8 Å². The van der Waals surface area contributed by atoms with Gasteiger partial charge in [-0.05, 0) is 6.42 Å². The number of carboxylic acids is 2. The topological polar surface area (TPSA) is 127 Å². The van der Waals surface area contributed by atoms with Gasteiger partial charge in [-0.3, -0.25) is 9.59 Å². The van der Waals surface area contributed by atoms with Crippen molar-refractivity contribution in [3.63, 3.8) is 0 Å². The molecule has 3 atom stereocenters. The van der Waals surface area contributed by atoms with Crippen molar-refractivity contribution in [3.8, 4) is 0 Å². The summed E-state index contributed by atoms with van der Waals surface area (Å²) in [4.78, 5) is 21.2. The van der Waals surface area contributed by atoms with E-state index in [1.165, 1.54) is 21.6 Å². The van der Waals surface area contributed by atoms with Crippen LogP contribution in [0.1, 0.15) is 19.8 Å². The fraction of sp³-hybridized carbons (Fsp3) is 0.778. The molecule has 0 spiro atoms. The molecule has 0 amide bonds. The number of hydrogen-bond donors (Lipinski definition) is 4. The molecule has 0 heterocycles. The average Bonchev–Trinajstić information content (AvgIpc) is 2.26. The third-order valence-electron chi connectivity index (χ3n) is 2.02. The molecular weight excluding hydrogens is 264 g/mol. The summed E-state index contributed by atoms with van der Waals surface area (Å²) < 4.78 is 0. The van der Waals surface area contributed by atoms with E-state index >= 15 is 0 Å². The molecule has 6 nitrogen and oxygen atoms in total. The SMILES string of the molecule is CCCC(SSCC(N)C(=O)O)C(N)C(=O)O. The number of carboxylic acid groups (broad SMARTS) is 2. The maximum absolute atomic E-state index is 10.8. The van der Waals surface area contributed by atoms with Crippen molar-refractivity contribution in [2.45, 2.75) is 37.1 Å². The maximum Gasteiger partial charge on any atom is 0.321 e. The summed E-state index contributed by atoms with van der Waals surface area (Å²) in [6.07, 6.45) is 1.50. The second kappa shape index (κ2) is 8.62. The van der Waals surface area contributed by atoms with Crippen LogP contribution in [0.3, 0.4) is 0 Å². The molecular formula is C9H18N2O4S2. The standard InChI is InChI=1S/C9H18N2O4S2/c1-2-3-6(7(11)9(14)15)17-16-4-5(10)8(12)13/h5-7H,2-4,10-11H2,1H3,(H,12,13)(H,14,15). The number of nitrogens with two attached hydrogens (primary N) is 2. The Hall–Kier alpha value is -0.440. The van der Waals surface area contributed by atoms with E-state index in [4.69, 9.17) is 21.7 Å². The zero-order chi connectivity index (χ0) is 13.4. The largest absolute Gasteiger partial charge is 0.480 e. The van der Waals surface area contributed by atoms with Crippen LogP contribution in [0.4, 0.5) is 0 Å². The molecule has 0 aromatic rings. The van der Waals surface area contributed by atoms with Crippen molar-refractivity contribution in [1.29, 1.82) is 0 Å². The minimum atomic E-state index is -1.06. The summed E-state index contributed by atoms with van der Waals surface area (Å²) in [5, 5.41) is 17.2. The van der Waals surface area contributed by atoms with Gasteiger partial charge in [0.15, 0.2) is 0 Å². The molecule has 0 fully saturated rings. The Morgan fingerprint density at radius 1 is 1.24 bits per heavy atom. The van der Waals surface area contributed by atoms with Crippen LogP contribution in [0, 0.1) is 0 Å². The monoisotopic (exact) mass is 282 g/mol. The van der Waals surface area contributed by atoms with Crippen molar-refractivity contribution in [2.75, 3.05) is 5.75 Å². The minimum Gasteiger partial charge on any atom is -0.480 e. The molecule has 0 aliphatic rings. The van der Waals surface area contributed by atoms with E-state index in [-0.39, 0.29) is 11.0 Å². The third kappa shape index (κ3) is 6.77. The predicted octanol–water partition coefficient (Wildman–Crippen LogP) is 0.360. The number of hydrogen-bond acceptors (Lipinski definition) is 6. The number of aliphatic carboxylic acids is 2. The summed E-state index contributed by atoms with van der Waals surface area (Å²) in [6.45, 7) is 1.94. The molecule has 17 heavy (non-hydrogen) atoms. The first-order valence-corrected chi connectivity index (χ1v) is 7.53. The molecule has 0 saturated heterocycles. The lowest BCUT2D eigenvalue weighted by atomic mass is 10.1. The van der Waals surface area contributed by atoms with Crippen molar-refractivity contribution in [2.24, 2.45) is 11.5 Å². The Kier molecular flexibility index (Phi) is 8.40. The highest BCUT2D eigenvalue weighted by Gasteiger charge is 2.24. The highest BCUT2D eigenvalue weighted by molar-refractivity contribution is 8.77. The fourth-order valence-corrected chi connectivity index (χ4v) is 3.96. The first kappa shape index (κ1) is 16.6. The molecule has 0 rings (SSSR count). The Morgan fingerprint density at radius 3 is 2.24 bits per heavy atom. The van der Waals surface area contributed by atoms with E-state index in [2.05, 4.69) is 0 Å². The van der Waals surface area contributed by atoms with Gasteiger partial charge >= 0.3 is 11.9 Å². The minimum absolute atomic E-state index is 0.229. The van der Waals surface area contributed by atoms with E-state index in [0.717, 1.165) is 6.42 Å². The smallest absolute Gasteiger partial charge is 0.321 e. The quantitative estimate of drug-likeness (QED) is 0.446. The van der Waals surface area contributed by atoms with Crippen LogP contribution < -0.4 is 11.5 Å². The molecule has 6 N–H and O–H groups in total. The molecule has 0 aromatic heterocycles. The summed E-state index contributed by atoms with van der Waals surface area (Å²) in [7, 11) is 2.55. The molecule has 0 aliphatic heterocycles. The lowest BCUT2D eigenvalue weighted by molar-refractivity contribution is -0.139. The maximum atomic E-state index is 10.8. The molecule has 8 heteroatoms. The van der Waals surface area contributed by atoms with Crippen molar-refractivity contribution in [1.82, 2.24) is 0 Å². The predicted molar refractivity (Wildman–Crippen MR) is 70.0 cm³/mol. The summed E-state index contributed by atoms with van der Waals surface area (Å²) >= 11 is 0. The van der Waals surface area contributed by atoms with E-state index in [1.54, 1.807) is 0 Å². The van der Waals surface area contributed by atoms with Crippen molar-refractivity contribution >= 4 is 33.5 Å². The first-order valence-electron chi connectivity index (χ1n) is 5.15. The van der Waals surface area contributed by atoms with Gasteiger partial charge in [0.1, 0.15) is 12.1 Å². The van der Waals surface area contributed by atoms with Crippen molar-refractivity contribution in [3.05, 3.63) is 0 Å². The van der Waals surface area contributed by atoms with E-state index in [9.17, 15) is 9.59 Å². The van der Waals surface area contributed by atoms with Gasteiger partial charge in [-0.25, -0.2) is 0 Å². The van der Waals surface area contributed by atoms with E-state index in [1.807, 2.05) is 6.92 Å². The van der Waals surface area contributed by atoms with E-state index < -0.39 is 24.0 Å². The summed E-state index contributed by atoms with van der Waals surface area (Å²) in [5.41, 5.74) is 10.9. The van der Waals surface area contributed by atoms with E-state index in [0.29, 0.717) is 6.42 Å². The summed E-state index contributed by atoms with van der Waals surface area (Å²) in [5.74, 6) is -1.88. The van der Waals surface area contributed by atoms with Crippen LogP contribution in [-0.4, -0.2) is 45.2 Å². The van der Waals surface area contributed by atoms with Gasteiger partial charge in [-0.15, -0.1) is 0 Å². The number of carbonyl (C=O) groups is 2. The highest BCUT2D eigenvalue weighted by atomic mass is 33.1. The van der Waals surface area contributed by atoms with Gasteiger partial charge in [0.25, 0.3) is 0 Å². The van der Waals surface area contributed by atoms with Gasteiger partial charge in [-0.1, -0.05) is 34.9 Å². The van der Waals surface area contributed by atoms with Gasteiger partial charge in [-0.2, -0.15) is 0 Å². The molecule has 3 unspecified atom stereocenters. The Labute approximate surface area is 108 Å². The van der Waals surface area contributed by atoms with Crippen LogP contribution in [0.2, 0.25) is 0 Å². The first-order chi connectivity index (χ1) is 7.90. The highest BCUT2D eigenvalue weighted by Crippen LogP contribution is 2.31. The van der Waals surface area contributed by atoms with Gasteiger partial charge in [0.2, 0.25) is 0 Å². The Balaban J connectivity index is 4.09. The van der Waals surface area contributed by atoms with Crippen LogP contribution in [0.25, 0.3) is 0 Å². The zero-order valence-electron chi connectivity index (χ0n) is 9.54. The Morgan fingerprint density at radius 2 is 1.82 bits per heavy atom. The average molecular weight is 282 g/mol. The Bertz CT molecular complexity index is 265.